The number of hydrogen-bond donors (Lipinski definition) is 1. The van der Waals surface area contributed by atoms with Gasteiger partial charge in [-0.05, 0) is 32.0 Å². The highest BCUT2D eigenvalue weighted by atomic mass is 19.1. The van der Waals surface area contributed by atoms with Crippen molar-refractivity contribution in [3.63, 3.8) is 0 Å². The molecule has 0 aliphatic rings. The lowest BCUT2D eigenvalue weighted by molar-refractivity contribution is 0.572. The number of aromatic nitrogens is 2. The van der Waals surface area contributed by atoms with E-state index in [1.807, 2.05) is 6.92 Å². The van der Waals surface area contributed by atoms with Gasteiger partial charge in [0.05, 0.1) is 6.20 Å². The molecule has 1 aromatic carbocycles. The summed E-state index contributed by atoms with van der Waals surface area (Å²) in [5.41, 5.74) is 2.13. The van der Waals surface area contributed by atoms with Crippen molar-refractivity contribution in [2.45, 2.75) is 26.8 Å². The summed E-state index contributed by atoms with van der Waals surface area (Å²) in [5.74, 6) is -1.20. The second kappa shape index (κ2) is 5.93. The molecular formula is C14H17F2N3. The highest BCUT2D eigenvalue weighted by Crippen LogP contribution is 2.18. The minimum absolute atomic E-state index is 0.264. The third kappa shape index (κ3) is 2.98. The summed E-state index contributed by atoms with van der Waals surface area (Å²) in [5, 5.41) is 7.44. The zero-order valence-electron chi connectivity index (χ0n) is 11.1. The molecule has 0 bridgehead atoms. The molecule has 0 amide bonds. The molecule has 102 valence electrons. The molecule has 0 spiro atoms. The van der Waals surface area contributed by atoms with E-state index in [4.69, 9.17) is 0 Å². The maximum absolute atomic E-state index is 13.7. The normalized spacial score (nSPS) is 10.9. The SMILES string of the molecule is CCCNCc1cnn(-c2ccc(F)cc2F)c1C. The van der Waals surface area contributed by atoms with Crippen molar-refractivity contribution in [2.24, 2.45) is 0 Å². The number of nitrogens with one attached hydrogen (secondary N) is 1. The molecule has 1 N–H and O–H groups in total. The van der Waals surface area contributed by atoms with Gasteiger partial charge in [-0.3, -0.25) is 0 Å². The van der Waals surface area contributed by atoms with Gasteiger partial charge < -0.3 is 5.32 Å². The van der Waals surface area contributed by atoms with E-state index in [2.05, 4.69) is 17.3 Å². The summed E-state index contributed by atoms with van der Waals surface area (Å²) in [7, 11) is 0. The molecule has 0 fully saturated rings. The van der Waals surface area contributed by atoms with Gasteiger partial charge >= 0.3 is 0 Å². The van der Waals surface area contributed by atoms with Gasteiger partial charge in [-0.15, -0.1) is 0 Å². The van der Waals surface area contributed by atoms with E-state index in [1.54, 1.807) is 6.20 Å². The molecule has 2 aromatic rings. The van der Waals surface area contributed by atoms with Crippen LogP contribution in [0.4, 0.5) is 8.78 Å². The average Bonchev–Trinajstić information content (AvgIpc) is 2.72. The first-order chi connectivity index (χ1) is 9.13. The van der Waals surface area contributed by atoms with Crippen LogP contribution < -0.4 is 5.32 Å². The third-order valence-corrected chi connectivity index (χ3v) is 2.99. The Morgan fingerprint density at radius 3 is 2.79 bits per heavy atom. The Bertz CT molecular complexity index is 564. The molecule has 19 heavy (non-hydrogen) atoms. The standard InChI is InChI=1S/C14H17F2N3/c1-3-6-17-8-11-9-18-19(10(11)2)14-5-4-12(15)7-13(14)16/h4-5,7,9,17H,3,6,8H2,1-2H3. The van der Waals surface area contributed by atoms with Crippen molar-refractivity contribution in [1.29, 1.82) is 0 Å². The smallest absolute Gasteiger partial charge is 0.151 e. The van der Waals surface area contributed by atoms with Crippen LogP contribution >= 0.6 is 0 Å². The van der Waals surface area contributed by atoms with Crippen LogP contribution in [0.5, 0.6) is 0 Å². The predicted octanol–water partition coefficient (Wildman–Crippen LogP) is 2.96. The number of halogens is 2. The first kappa shape index (κ1) is 13.7. The Kier molecular flexibility index (Phi) is 4.27. The van der Waals surface area contributed by atoms with Crippen LogP contribution in [-0.4, -0.2) is 16.3 Å². The fourth-order valence-electron chi connectivity index (χ4n) is 1.91. The average molecular weight is 265 g/mol. The first-order valence-electron chi connectivity index (χ1n) is 6.33. The maximum atomic E-state index is 13.7. The monoisotopic (exact) mass is 265 g/mol. The molecular weight excluding hydrogens is 248 g/mol. The molecule has 5 heteroatoms. The summed E-state index contributed by atoms with van der Waals surface area (Å²) >= 11 is 0. The molecule has 0 saturated heterocycles. The van der Waals surface area contributed by atoms with Gasteiger partial charge in [-0.25, -0.2) is 13.5 Å². The van der Waals surface area contributed by atoms with E-state index < -0.39 is 11.6 Å². The van der Waals surface area contributed by atoms with Crippen LogP contribution in [0, 0.1) is 18.6 Å². The van der Waals surface area contributed by atoms with Gasteiger partial charge in [0, 0.05) is 23.9 Å². The fourth-order valence-corrected chi connectivity index (χ4v) is 1.91. The molecule has 2 rings (SSSR count). The van der Waals surface area contributed by atoms with Crippen LogP contribution in [0.3, 0.4) is 0 Å². The highest BCUT2D eigenvalue weighted by Gasteiger charge is 2.12. The number of benzene rings is 1. The van der Waals surface area contributed by atoms with Crippen LogP contribution in [0.1, 0.15) is 24.6 Å². The molecule has 0 radical (unpaired) electrons. The minimum Gasteiger partial charge on any atom is -0.313 e. The molecule has 0 aliphatic heterocycles. The van der Waals surface area contributed by atoms with Crippen LogP contribution in [-0.2, 0) is 6.54 Å². The van der Waals surface area contributed by atoms with Crippen LogP contribution in [0.15, 0.2) is 24.4 Å². The Labute approximate surface area is 111 Å². The molecule has 1 aromatic heterocycles. The van der Waals surface area contributed by atoms with E-state index in [-0.39, 0.29) is 5.69 Å². The summed E-state index contributed by atoms with van der Waals surface area (Å²) < 4.78 is 28.1. The molecule has 3 nitrogen and oxygen atoms in total. The lowest BCUT2D eigenvalue weighted by Crippen LogP contribution is -2.14. The molecule has 0 saturated carbocycles. The topological polar surface area (TPSA) is 29.9 Å². The fraction of sp³-hybridized carbons (Fsp3) is 0.357. The van der Waals surface area contributed by atoms with E-state index in [9.17, 15) is 8.78 Å². The van der Waals surface area contributed by atoms with Gasteiger partial charge in [-0.2, -0.15) is 5.10 Å². The molecule has 1 heterocycles. The van der Waals surface area contributed by atoms with Gasteiger partial charge in [0.2, 0.25) is 0 Å². The van der Waals surface area contributed by atoms with Crippen molar-refractivity contribution >= 4 is 0 Å². The summed E-state index contributed by atoms with van der Waals surface area (Å²) in [6.45, 7) is 5.59. The number of nitrogens with zero attached hydrogens (tertiary/aromatic N) is 2. The number of hydrogen-bond acceptors (Lipinski definition) is 2. The quantitative estimate of drug-likeness (QED) is 0.842. The van der Waals surface area contributed by atoms with Crippen molar-refractivity contribution in [2.75, 3.05) is 6.54 Å². The van der Waals surface area contributed by atoms with Crippen LogP contribution in [0.25, 0.3) is 5.69 Å². The Morgan fingerprint density at radius 2 is 2.11 bits per heavy atom. The zero-order chi connectivity index (χ0) is 13.8. The van der Waals surface area contributed by atoms with E-state index in [1.165, 1.54) is 16.8 Å². The van der Waals surface area contributed by atoms with Crippen LogP contribution in [0.2, 0.25) is 0 Å². The van der Waals surface area contributed by atoms with Gasteiger partial charge in [0.15, 0.2) is 5.82 Å². The molecule has 0 aliphatic carbocycles. The molecule has 0 unspecified atom stereocenters. The predicted molar refractivity (Wildman–Crippen MR) is 70.2 cm³/mol. The first-order valence-corrected chi connectivity index (χ1v) is 6.33. The number of rotatable bonds is 5. The van der Waals surface area contributed by atoms with Crippen molar-refractivity contribution in [1.82, 2.24) is 15.1 Å². The van der Waals surface area contributed by atoms with E-state index in [0.29, 0.717) is 6.54 Å². The summed E-state index contributed by atoms with van der Waals surface area (Å²) in [6.07, 6.45) is 2.76. The Morgan fingerprint density at radius 1 is 1.32 bits per heavy atom. The Balaban J connectivity index is 2.26. The largest absolute Gasteiger partial charge is 0.313 e. The second-order valence-electron chi connectivity index (χ2n) is 4.44. The van der Waals surface area contributed by atoms with Gasteiger partial charge in [0.25, 0.3) is 0 Å². The Hall–Kier alpha value is -1.75. The lowest BCUT2D eigenvalue weighted by atomic mass is 10.2. The summed E-state index contributed by atoms with van der Waals surface area (Å²) in [4.78, 5) is 0. The van der Waals surface area contributed by atoms with Crippen molar-refractivity contribution in [3.8, 4) is 5.69 Å². The second-order valence-corrected chi connectivity index (χ2v) is 4.44. The molecule has 0 atom stereocenters. The zero-order valence-corrected chi connectivity index (χ0v) is 11.1. The minimum atomic E-state index is -0.612. The summed E-state index contributed by atoms with van der Waals surface area (Å²) in [6, 6.07) is 3.49. The van der Waals surface area contributed by atoms with E-state index in [0.717, 1.165) is 30.3 Å². The van der Waals surface area contributed by atoms with Crippen molar-refractivity contribution < 1.29 is 8.78 Å². The maximum Gasteiger partial charge on any atom is 0.151 e. The van der Waals surface area contributed by atoms with Gasteiger partial charge in [-0.1, -0.05) is 6.92 Å². The van der Waals surface area contributed by atoms with Gasteiger partial charge in [0.1, 0.15) is 11.5 Å². The highest BCUT2D eigenvalue weighted by molar-refractivity contribution is 5.36. The third-order valence-electron chi connectivity index (χ3n) is 2.99. The lowest BCUT2D eigenvalue weighted by Gasteiger charge is -2.07. The van der Waals surface area contributed by atoms with E-state index >= 15 is 0 Å². The van der Waals surface area contributed by atoms with Crippen molar-refractivity contribution in [3.05, 3.63) is 47.3 Å².